The molecule has 0 aromatic carbocycles. The molecule has 356 valence electrons. The first kappa shape index (κ1) is 55.9. The zero-order valence-electron chi connectivity index (χ0n) is 40.8. The molecule has 5 amide bonds. The van der Waals surface area contributed by atoms with Crippen LogP contribution in [-0.4, -0.2) is 146 Å². The first-order valence-corrected chi connectivity index (χ1v) is 23.9. The van der Waals surface area contributed by atoms with Gasteiger partial charge in [-0.2, -0.15) is 0 Å². The summed E-state index contributed by atoms with van der Waals surface area (Å²) in [5.74, 6) is -0.598. The molecule has 14 nitrogen and oxygen atoms in total. The molecule has 1 saturated heterocycles. The van der Waals surface area contributed by atoms with Crippen LogP contribution < -0.4 is 16.0 Å². The molecule has 0 radical (unpaired) electrons. The van der Waals surface area contributed by atoms with Crippen LogP contribution in [0.5, 0.6) is 0 Å². The van der Waals surface area contributed by atoms with Crippen molar-refractivity contribution in [3.05, 3.63) is 0 Å². The predicted molar refractivity (Wildman–Crippen MR) is 247 cm³/mol. The second-order valence-electron chi connectivity index (χ2n) is 19.8. The topological polar surface area (TPSA) is 153 Å². The van der Waals surface area contributed by atoms with Crippen LogP contribution in [0.3, 0.4) is 0 Å². The molecule has 0 aliphatic carbocycles. The summed E-state index contributed by atoms with van der Waals surface area (Å²) in [6.07, 6.45) is 18.3. The normalized spacial score (nSPS) is 16.1. The van der Waals surface area contributed by atoms with E-state index in [0.29, 0.717) is 45.3 Å². The molecule has 1 heterocycles. The van der Waals surface area contributed by atoms with Crippen LogP contribution in [0.15, 0.2) is 0 Å². The fraction of sp³-hybridized carbons (Fsp3) is 0.894. The van der Waals surface area contributed by atoms with E-state index in [1.54, 1.807) is 46.4 Å². The monoisotopic (exact) mass is 866 g/mol. The van der Waals surface area contributed by atoms with E-state index in [4.69, 9.17) is 9.47 Å². The summed E-state index contributed by atoms with van der Waals surface area (Å²) in [4.78, 5) is 75.5. The number of amides is 5. The standard InChI is InChI=1S/C47H91N7O7/c1-12-13-14-15-16-17-18-19-20-21-22-23-24-30-41(55)49-38-36-40(43(57)53(34-27-32-51(8)9)35-28-33-52(10)11)54(37-38)42(56)39(50-45(59)61-47(5,6)7)29-25-26-31-48-44(58)60-46(2,3)4/h38-40H,12-37H2,1-11H3,(H,48,58)(H,49,55)(H,50,59)/t38-,39+,40-/m0/s1. The Morgan fingerprint density at radius 1 is 0.639 bits per heavy atom. The molecule has 3 atom stereocenters. The number of alkyl carbamates (subject to hydrolysis) is 2. The van der Waals surface area contributed by atoms with Crippen molar-refractivity contribution in [1.29, 1.82) is 0 Å². The Hall–Kier alpha value is -3.13. The van der Waals surface area contributed by atoms with E-state index in [2.05, 4.69) is 32.7 Å². The second-order valence-corrected chi connectivity index (χ2v) is 19.8. The van der Waals surface area contributed by atoms with Gasteiger partial charge in [-0.15, -0.1) is 0 Å². The number of hydrogen-bond donors (Lipinski definition) is 3. The van der Waals surface area contributed by atoms with Gasteiger partial charge in [0.05, 0.1) is 0 Å². The molecule has 14 heteroatoms. The van der Waals surface area contributed by atoms with Crippen molar-refractivity contribution in [3.63, 3.8) is 0 Å². The zero-order chi connectivity index (χ0) is 45.8. The summed E-state index contributed by atoms with van der Waals surface area (Å²) in [7, 11) is 8.02. The first-order chi connectivity index (χ1) is 28.7. The van der Waals surface area contributed by atoms with Crippen LogP contribution in [0.1, 0.15) is 177 Å². The van der Waals surface area contributed by atoms with Gasteiger partial charge in [0.25, 0.3) is 0 Å². The van der Waals surface area contributed by atoms with E-state index < -0.39 is 41.5 Å². The predicted octanol–water partition coefficient (Wildman–Crippen LogP) is 7.87. The summed E-state index contributed by atoms with van der Waals surface area (Å²) >= 11 is 0. The van der Waals surface area contributed by atoms with Crippen molar-refractivity contribution in [1.82, 2.24) is 35.6 Å². The number of carbonyl (C=O) groups is 5. The number of carbonyl (C=O) groups excluding carboxylic acids is 5. The van der Waals surface area contributed by atoms with E-state index in [9.17, 15) is 24.0 Å². The molecule has 0 unspecified atom stereocenters. The molecule has 3 N–H and O–H groups in total. The van der Waals surface area contributed by atoms with Crippen molar-refractivity contribution in [3.8, 4) is 0 Å². The van der Waals surface area contributed by atoms with Gasteiger partial charge in [0.2, 0.25) is 17.7 Å². The Morgan fingerprint density at radius 2 is 1.13 bits per heavy atom. The second kappa shape index (κ2) is 30.8. The number of likely N-dealkylation sites (tertiary alicyclic amines) is 1. The van der Waals surface area contributed by atoms with Gasteiger partial charge in [0.15, 0.2) is 0 Å². The van der Waals surface area contributed by atoms with E-state index in [-0.39, 0.29) is 30.7 Å². The number of nitrogens with zero attached hydrogens (tertiary/aromatic N) is 4. The summed E-state index contributed by atoms with van der Waals surface area (Å²) in [5, 5.41) is 8.71. The minimum absolute atomic E-state index is 0.0664. The van der Waals surface area contributed by atoms with Crippen LogP contribution >= 0.6 is 0 Å². The Balaban J connectivity index is 3.09. The lowest BCUT2D eigenvalue weighted by Gasteiger charge is -2.33. The quantitative estimate of drug-likeness (QED) is 0.0592. The van der Waals surface area contributed by atoms with Crippen LogP contribution in [0.2, 0.25) is 0 Å². The lowest BCUT2D eigenvalue weighted by atomic mass is 10.0. The lowest BCUT2D eigenvalue weighted by Crippen LogP contribution is -2.55. The van der Waals surface area contributed by atoms with Crippen LogP contribution in [0.4, 0.5) is 9.59 Å². The SMILES string of the molecule is CCCCCCCCCCCCCCCC(=O)N[C@H]1C[C@@H](C(=O)N(CCCN(C)C)CCCN(C)C)N(C(=O)[C@@H](CCCCNC(=O)OC(C)(C)C)NC(=O)OC(C)(C)C)C1. The van der Waals surface area contributed by atoms with Crippen molar-refractivity contribution < 1.29 is 33.4 Å². The zero-order valence-corrected chi connectivity index (χ0v) is 40.8. The first-order valence-electron chi connectivity index (χ1n) is 23.9. The third-order valence-electron chi connectivity index (χ3n) is 10.7. The number of rotatable bonds is 31. The largest absolute Gasteiger partial charge is 0.444 e. The summed E-state index contributed by atoms with van der Waals surface area (Å²) in [6.45, 7) is 16.1. The number of nitrogens with one attached hydrogen (secondary N) is 3. The van der Waals surface area contributed by atoms with Crippen molar-refractivity contribution in [2.75, 3.05) is 67.5 Å². The minimum Gasteiger partial charge on any atom is -0.444 e. The Bertz CT molecular complexity index is 1240. The summed E-state index contributed by atoms with van der Waals surface area (Å²) in [5.41, 5.74) is -1.41. The van der Waals surface area contributed by atoms with Crippen molar-refractivity contribution in [2.24, 2.45) is 0 Å². The van der Waals surface area contributed by atoms with Crippen LogP contribution in [0, 0.1) is 0 Å². The highest BCUT2D eigenvalue weighted by atomic mass is 16.6. The molecule has 61 heavy (non-hydrogen) atoms. The Kier molecular flexibility index (Phi) is 28.3. The average molecular weight is 866 g/mol. The van der Waals surface area contributed by atoms with E-state index in [1.165, 1.54) is 64.2 Å². The molecule has 1 rings (SSSR count). The maximum absolute atomic E-state index is 14.6. The Morgan fingerprint density at radius 3 is 1.62 bits per heavy atom. The smallest absolute Gasteiger partial charge is 0.408 e. The highest BCUT2D eigenvalue weighted by molar-refractivity contribution is 5.92. The van der Waals surface area contributed by atoms with Gasteiger partial charge in [0.1, 0.15) is 23.3 Å². The molecular weight excluding hydrogens is 775 g/mol. The van der Waals surface area contributed by atoms with E-state index in [1.807, 2.05) is 33.1 Å². The molecule has 0 bridgehead atoms. The fourth-order valence-corrected chi connectivity index (χ4v) is 7.61. The molecule has 1 fully saturated rings. The van der Waals surface area contributed by atoms with Crippen molar-refractivity contribution in [2.45, 2.75) is 206 Å². The average Bonchev–Trinajstić information content (AvgIpc) is 3.56. The molecular formula is C47H91N7O7. The maximum Gasteiger partial charge on any atom is 0.408 e. The summed E-state index contributed by atoms with van der Waals surface area (Å²) in [6, 6.07) is -2.19. The molecule has 1 aliphatic heterocycles. The molecule has 0 saturated carbocycles. The maximum atomic E-state index is 14.6. The van der Waals surface area contributed by atoms with Crippen LogP contribution in [0.25, 0.3) is 0 Å². The number of hydrogen-bond acceptors (Lipinski definition) is 9. The van der Waals surface area contributed by atoms with Crippen molar-refractivity contribution >= 4 is 29.9 Å². The third-order valence-corrected chi connectivity index (χ3v) is 10.7. The molecule has 0 aromatic rings. The minimum atomic E-state index is -0.983. The van der Waals surface area contributed by atoms with Gasteiger partial charge in [-0.3, -0.25) is 14.4 Å². The molecule has 0 aromatic heterocycles. The lowest BCUT2D eigenvalue weighted by molar-refractivity contribution is -0.145. The van der Waals surface area contributed by atoms with Gasteiger partial charge in [-0.05, 0) is 128 Å². The van der Waals surface area contributed by atoms with E-state index >= 15 is 0 Å². The van der Waals surface area contributed by atoms with Gasteiger partial charge >= 0.3 is 12.2 Å². The highest BCUT2D eigenvalue weighted by Crippen LogP contribution is 2.24. The Labute approximate surface area is 371 Å². The summed E-state index contributed by atoms with van der Waals surface area (Å²) < 4.78 is 10.9. The molecule has 0 spiro atoms. The number of ether oxygens (including phenoxy) is 2. The highest BCUT2D eigenvalue weighted by Gasteiger charge is 2.44. The van der Waals surface area contributed by atoms with E-state index in [0.717, 1.165) is 45.2 Å². The fourth-order valence-electron chi connectivity index (χ4n) is 7.61. The number of unbranched alkanes of at least 4 members (excludes halogenated alkanes) is 13. The van der Waals surface area contributed by atoms with Gasteiger partial charge in [0, 0.05) is 38.6 Å². The van der Waals surface area contributed by atoms with Gasteiger partial charge in [-0.25, -0.2) is 9.59 Å². The van der Waals surface area contributed by atoms with Gasteiger partial charge in [-0.1, -0.05) is 84.0 Å². The third kappa shape index (κ3) is 28.2. The van der Waals surface area contributed by atoms with Crippen LogP contribution in [-0.2, 0) is 23.9 Å². The van der Waals surface area contributed by atoms with Gasteiger partial charge < -0.3 is 45.0 Å². The molecule has 1 aliphatic rings.